The van der Waals surface area contributed by atoms with Crippen molar-refractivity contribution in [2.45, 2.75) is 38.3 Å². The number of alkyl halides is 6. The van der Waals surface area contributed by atoms with Crippen molar-refractivity contribution in [3.05, 3.63) is 29.3 Å². The molecule has 0 radical (unpaired) electrons. The third-order valence-corrected chi connectivity index (χ3v) is 4.39. The van der Waals surface area contributed by atoms with Crippen molar-refractivity contribution < 1.29 is 31.1 Å². The fourth-order valence-corrected chi connectivity index (χ4v) is 3.11. The quantitative estimate of drug-likeness (QED) is 0.242. The maximum atomic E-state index is 13.3. The molecule has 2 rings (SSSR count). The molecule has 172 valence electrons. The lowest BCUT2D eigenvalue weighted by Crippen LogP contribution is -2.45. The van der Waals surface area contributed by atoms with Crippen LogP contribution in [0.1, 0.15) is 24.5 Å². The molecule has 0 spiro atoms. The van der Waals surface area contributed by atoms with Crippen molar-refractivity contribution in [3.8, 4) is 5.75 Å². The first-order chi connectivity index (χ1) is 13.5. The second-order valence-corrected chi connectivity index (χ2v) is 6.70. The summed E-state index contributed by atoms with van der Waals surface area (Å²) in [6.45, 7) is 1.48. The van der Waals surface area contributed by atoms with E-state index in [9.17, 15) is 26.3 Å². The second kappa shape index (κ2) is 11.3. The first-order valence-electron chi connectivity index (χ1n) is 9.10. The minimum Gasteiger partial charge on any atom is -0.497 e. The molecular weight excluding hydrogens is 529 g/mol. The Balaban J connectivity index is 0.00000450. The average Bonchev–Trinajstić information content (AvgIpc) is 3.03. The summed E-state index contributed by atoms with van der Waals surface area (Å²) in [6.07, 6.45) is -8.35. The van der Waals surface area contributed by atoms with Gasteiger partial charge in [-0.3, -0.25) is 4.90 Å². The minimum atomic E-state index is -4.56. The smallest absolute Gasteiger partial charge is 0.416 e. The molecular formula is C18H25F6IN4O. The Kier molecular flexibility index (Phi) is 9.98. The number of likely N-dealkylation sites (tertiary alicyclic amines) is 1. The van der Waals surface area contributed by atoms with E-state index in [0.717, 1.165) is 6.07 Å². The Morgan fingerprint density at radius 2 is 1.93 bits per heavy atom. The lowest BCUT2D eigenvalue weighted by molar-refractivity contribution is -0.143. The summed E-state index contributed by atoms with van der Waals surface area (Å²) in [4.78, 5) is 5.47. The summed E-state index contributed by atoms with van der Waals surface area (Å²) < 4.78 is 82.3. The maximum absolute atomic E-state index is 13.3. The third-order valence-electron chi connectivity index (χ3n) is 4.39. The van der Waals surface area contributed by atoms with E-state index in [2.05, 4.69) is 15.6 Å². The van der Waals surface area contributed by atoms with E-state index >= 15 is 0 Å². The van der Waals surface area contributed by atoms with Gasteiger partial charge in [0.05, 0.1) is 25.8 Å². The van der Waals surface area contributed by atoms with Gasteiger partial charge in [-0.25, -0.2) is 4.99 Å². The number of rotatable bonds is 6. The van der Waals surface area contributed by atoms with Crippen LogP contribution < -0.4 is 15.4 Å². The van der Waals surface area contributed by atoms with Gasteiger partial charge in [0.1, 0.15) is 5.75 Å². The van der Waals surface area contributed by atoms with Crippen LogP contribution in [0.5, 0.6) is 5.75 Å². The van der Waals surface area contributed by atoms with Gasteiger partial charge in [-0.15, -0.1) is 24.0 Å². The molecule has 1 aromatic carbocycles. The molecule has 0 aromatic heterocycles. The van der Waals surface area contributed by atoms with Crippen molar-refractivity contribution >= 4 is 29.9 Å². The molecule has 1 fully saturated rings. The summed E-state index contributed by atoms with van der Waals surface area (Å²) in [5.74, 6) is 0.348. The molecule has 0 aliphatic carbocycles. The summed E-state index contributed by atoms with van der Waals surface area (Å²) in [5, 5.41) is 5.92. The molecule has 30 heavy (non-hydrogen) atoms. The Labute approximate surface area is 188 Å². The lowest BCUT2D eigenvalue weighted by Gasteiger charge is -2.20. The zero-order chi connectivity index (χ0) is 21.7. The zero-order valence-electron chi connectivity index (χ0n) is 16.5. The Morgan fingerprint density at radius 1 is 1.23 bits per heavy atom. The largest absolute Gasteiger partial charge is 0.497 e. The van der Waals surface area contributed by atoms with Crippen molar-refractivity contribution in [2.24, 2.45) is 4.99 Å². The van der Waals surface area contributed by atoms with Crippen LogP contribution in [0.15, 0.2) is 23.2 Å². The number of aliphatic imine (C=N–C) groups is 1. The summed E-state index contributed by atoms with van der Waals surface area (Å²) in [7, 11) is 1.28. The van der Waals surface area contributed by atoms with E-state index in [1.807, 2.05) is 0 Å². The van der Waals surface area contributed by atoms with Crippen LogP contribution in [0, 0.1) is 0 Å². The number of nitrogens with zero attached hydrogens (tertiary/aromatic N) is 2. The predicted molar refractivity (Wildman–Crippen MR) is 112 cm³/mol. The highest BCUT2D eigenvalue weighted by Crippen LogP contribution is 2.34. The molecule has 1 aliphatic rings. The first kappa shape index (κ1) is 26.6. The molecule has 0 amide bonds. The molecule has 1 saturated heterocycles. The van der Waals surface area contributed by atoms with Gasteiger partial charge in [-0.1, -0.05) is 6.07 Å². The van der Waals surface area contributed by atoms with Gasteiger partial charge in [0, 0.05) is 25.7 Å². The number of benzene rings is 1. The number of halogens is 7. The Hall–Kier alpha value is -1.44. The second-order valence-electron chi connectivity index (χ2n) is 6.70. The molecule has 1 heterocycles. The van der Waals surface area contributed by atoms with Crippen LogP contribution >= 0.6 is 24.0 Å². The Morgan fingerprint density at radius 3 is 2.50 bits per heavy atom. The van der Waals surface area contributed by atoms with Crippen LogP contribution in [0.3, 0.4) is 0 Å². The maximum Gasteiger partial charge on any atom is 0.416 e. The van der Waals surface area contributed by atoms with Crippen LogP contribution in [0.4, 0.5) is 26.3 Å². The molecule has 12 heteroatoms. The highest BCUT2D eigenvalue weighted by Gasteiger charge is 2.35. The van der Waals surface area contributed by atoms with E-state index in [1.165, 1.54) is 24.1 Å². The highest BCUT2D eigenvalue weighted by molar-refractivity contribution is 14.0. The monoisotopic (exact) mass is 554 g/mol. The normalized spacial score (nSPS) is 18.1. The number of hydrogen-bond donors (Lipinski definition) is 2. The average molecular weight is 554 g/mol. The van der Waals surface area contributed by atoms with Crippen molar-refractivity contribution in [1.29, 1.82) is 0 Å². The number of methoxy groups -OCH3 is 1. The van der Waals surface area contributed by atoms with Crippen molar-refractivity contribution in [2.75, 3.05) is 33.3 Å². The number of hydrogen-bond acceptors (Lipinski definition) is 3. The van der Waals surface area contributed by atoms with Crippen LogP contribution in [-0.2, 0) is 12.7 Å². The van der Waals surface area contributed by atoms with E-state index in [1.54, 1.807) is 6.92 Å². The molecule has 1 atom stereocenters. The minimum absolute atomic E-state index is 0. The van der Waals surface area contributed by atoms with Gasteiger partial charge in [0.15, 0.2) is 5.96 Å². The van der Waals surface area contributed by atoms with Gasteiger partial charge in [-0.2, -0.15) is 26.3 Å². The summed E-state index contributed by atoms with van der Waals surface area (Å²) >= 11 is 0. The van der Waals surface area contributed by atoms with E-state index < -0.39 is 24.5 Å². The molecule has 0 bridgehead atoms. The highest BCUT2D eigenvalue weighted by atomic mass is 127. The van der Waals surface area contributed by atoms with E-state index in [0.29, 0.717) is 13.0 Å². The SMILES string of the molecule is CCNC(=NCc1ccc(OC)cc1C(F)(F)F)NC1CCN(CC(F)(F)F)C1.I. The topological polar surface area (TPSA) is 48.9 Å². The van der Waals surface area contributed by atoms with Crippen LogP contribution in [0.25, 0.3) is 0 Å². The summed E-state index contributed by atoms with van der Waals surface area (Å²) in [6, 6.07) is 3.37. The van der Waals surface area contributed by atoms with Crippen molar-refractivity contribution in [1.82, 2.24) is 15.5 Å². The molecule has 2 N–H and O–H groups in total. The lowest BCUT2D eigenvalue weighted by atomic mass is 10.1. The number of nitrogens with one attached hydrogen (secondary N) is 2. The fourth-order valence-electron chi connectivity index (χ4n) is 3.11. The Bertz CT molecular complexity index is 711. The van der Waals surface area contributed by atoms with Gasteiger partial charge < -0.3 is 15.4 Å². The van der Waals surface area contributed by atoms with Crippen molar-refractivity contribution in [3.63, 3.8) is 0 Å². The molecule has 5 nitrogen and oxygen atoms in total. The van der Waals surface area contributed by atoms with E-state index in [4.69, 9.17) is 4.74 Å². The van der Waals surface area contributed by atoms with Crippen LogP contribution in [0.2, 0.25) is 0 Å². The standard InChI is InChI=1S/C18H24F6N4O.HI/c1-3-25-16(27-13-6-7-28(10-13)11-17(19,20)21)26-9-12-4-5-14(29-2)8-15(12)18(22,23)24;/h4-5,8,13H,3,6-7,9-11H2,1-2H3,(H2,25,26,27);1H. The molecule has 0 saturated carbocycles. The van der Waals surface area contributed by atoms with Gasteiger partial charge >= 0.3 is 12.4 Å². The number of guanidine groups is 1. The molecule has 1 unspecified atom stereocenters. The predicted octanol–water partition coefficient (Wildman–Crippen LogP) is 4.02. The van der Waals surface area contributed by atoms with Gasteiger partial charge in [0.25, 0.3) is 0 Å². The van der Waals surface area contributed by atoms with Gasteiger partial charge in [0.2, 0.25) is 0 Å². The van der Waals surface area contributed by atoms with E-state index in [-0.39, 0.29) is 66.9 Å². The van der Waals surface area contributed by atoms with Crippen LogP contribution in [-0.4, -0.2) is 56.4 Å². The third kappa shape index (κ3) is 8.36. The fraction of sp³-hybridized carbons (Fsp3) is 0.611. The summed E-state index contributed by atoms with van der Waals surface area (Å²) in [5.41, 5.74) is -0.866. The first-order valence-corrected chi connectivity index (χ1v) is 9.10. The zero-order valence-corrected chi connectivity index (χ0v) is 18.9. The number of ether oxygens (including phenoxy) is 1. The molecule has 1 aromatic rings. The van der Waals surface area contributed by atoms with Gasteiger partial charge in [-0.05, 0) is 31.0 Å². The molecule has 1 aliphatic heterocycles.